The van der Waals surface area contributed by atoms with Crippen molar-refractivity contribution in [3.8, 4) is 23.1 Å². The first-order valence-corrected chi connectivity index (χ1v) is 8.30. The first kappa shape index (κ1) is 16.1. The quantitative estimate of drug-likeness (QED) is 0.780. The first-order chi connectivity index (χ1) is 12.6. The molecule has 0 unspecified atom stereocenters. The van der Waals surface area contributed by atoms with Crippen LogP contribution in [0.3, 0.4) is 0 Å². The largest absolute Gasteiger partial charge is 0.493 e. The lowest BCUT2D eigenvalue weighted by atomic mass is 10.1. The summed E-state index contributed by atoms with van der Waals surface area (Å²) in [5.74, 6) is 1.04. The van der Waals surface area contributed by atoms with E-state index in [-0.39, 0.29) is 5.91 Å². The Morgan fingerprint density at radius 2 is 2.00 bits per heavy atom. The molecule has 0 radical (unpaired) electrons. The monoisotopic (exact) mass is 347 g/mol. The van der Waals surface area contributed by atoms with Crippen LogP contribution in [-0.2, 0) is 10.2 Å². The third-order valence-electron chi connectivity index (χ3n) is 4.82. The average Bonchev–Trinajstić information content (AvgIpc) is 3.38. The highest BCUT2D eigenvalue weighted by Crippen LogP contribution is 2.47. The second-order valence-corrected chi connectivity index (χ2v) is 6.31. The topological polar surface area (TPSA) is 92.3 Å². The summed E-state index contributed by atoms with van der Waals surface area (Å²) < 4.78 is 7.13. The zero-order valence-electron chi connectivity index (χ0n) is 14.5. The van der Waals surface area contributed by atoms with Gasteiger partial charge in [-0.2, -0.15) is 5.26 Å². The van der Waals surface area contributed by atoms with Crippen LogP contribution in [-0.4, -0.2) is 34.7 Å². The van der Waals surface area contributed by atoms with Crippen molar-refractivity contribution in [1.29, 1.82) is 5.26 Å². The van der Waals surface area contributed by atoms with Crippen molar-refractivity contribution in [1.82, 2.24) is 19.9 Å². The lowest BCUT2D eigenvalue weighted by molar-refractivity contribution is -0.123. The fraction of sp³-hybridized carbons (Fsp3) is 0.263. The van der Waals surface area contributed by atoms with Crippen LogP contribution in [0.2, 0.25) is 0 Å². The van der Waals surface area contributed by atoms with Gasteiger partial charge in [0.1, 0.15) is 5.41 Å². The SMILES string of the molecule is CNC(=O)C1(c2nc3c(OC)ccc(-c4ccc(C#N)cc4)n3n2)CC1. The number of carbonyl (C=O) groups is 1. The molecule has 1 N–H and O–H groups in total. The van der Waals surface area contributed by atoms with E-state index in [4.69, 9.17) is 10.00 Å². The van der Waals surface area contributed by atoms with Crippen LogP contribution >= 0.6 is 0 Å². The number of nitrogens with zero attached hydrogens (tertiary/aromatic N) is 4. The van der Waals surface area contributed by atoms with Gasteiger partial charge in [0.2, 0.25) is 5.91 Å². The molecule has 7 nitrogen and oxygen atoms in total. The Morgan fingerprint density at radius 3 is 2.58 bits per heavy atom. The molecule has 0 bridgehead atoms. The molecule has 0 atom stereocenters. The van der Waals surface area contributed by atoms with Gasteiger partial charge in [0.25, 0.3) is 0 Å². The van der Waals surface area contributed by atoms with Gasteiger partial charge in [-0.25, -0.2) is 9.50 Å². The highest BCUT2D eigenvalue weighted by Gasteiger charge is 2.54. The van der Waals surface area contributed by atoms with Gasteiger partial charge in [-0.15, -0.1) is 5.10 Å². The molecule has 0 spiro atoms. The van der Waals surface area contributed by atoms with E-state index < -0.39 is 5.41 Å². The maximum atomic E-state index is 12.3. The molecular formula is C19H17N5O2. The zero-order chi connectivity index (χ0) is 18.3. The van der Waals surface area contributed by atoms with E-state index in [1.54, 1.807) is 30.8 Å². The maximum absolute atomic E-state index is 12.3. The van der Waals surface area contributed by atoms with Gasteiger partial charge < -0.3 is 10.1 Å². The highest BCUT2D eigenvalue weighted by atomic mass is 16.5. The van der Waals surface area contributed by atoms with E-state index in [0.717, 1.165) is 24.1 Å². The summed E-state index contributed by atoms with van der Waals surface area (Å²) in [6, 6.07) is 13.1. The third-order valence-corrected chi connectivity index (χ3v) is 4.82. The van der Waals surface area contributed by atoms with Crippen LogP contribution in [0.1, 0.15) is 24.2 Å². The van der Waals surface area contributed by atoms with Crippen molar-refractivity contribution >= 4 is 11.6 Å². The average molecular weight is 347 g/mol. The van der Waals surface area contributed by atoms with Crippen molar-refractivity contribution in [3.63, 3.8) is 0 Å². The molecule has 7 heteroatoms. The molecule has 0 saturated heterocycles. The molecule has 26 heavy (non-hydrogen) atoms. The van der Waals surface area contributed by atoms with E-state index in [2.05, 4.69) is 21.5 Å². The molecule has 2 heterocycles. The molecule has 4 rings (SSSR count). The molecule has 1 aliphatic carbocycles. The van der Waals surface area contributed by atoms with Crippen LogP contribution in [0.15, 0.2) is 36.4 Å². The van der Waals surface area contributed by atoms with Crippen LogP contribution in [0.4, 0.5) is 0 Å². The summed E-state index contributed by atoms with van der Waals surface area (Å²) in [6.45, 7) is 0. The minimum atomic E-state index is -0.645. The Morgan fingerprint density at radius 1 is 1.27 bits per heavy atom. The summed E-state index contributed by atoms with van der Waals surface area (Å²) >= 11 is 0. The van der Waals surface area contributed by atoms with Crippen molar-refractivity contribution in [2.24, 2.45) is 0 Å². The molecule has 3 aromatic rings. The van der Waals surface area contributed by atoms with Crippen LogP contribution in [0.5, 0.6) is 5.75 Å². The van der Waals surface area contributed by atoms with E-state index in [1.165, 1.54) is 0 Å². The van der Waals surface area contributed by atoms with Crippen molar-refractivity contribution in [3.05, 3.63) is 47.8 Å². The molecule has 1 aliphatic rings. The highest BCUT2D eigenvalue weighted by molar-refractivity contribution is 5.90. The third kappa shape index (κ3) is 2.30. The lowest BCUT2D eigenvalue weighted by Gasteiger charge is -2.08. The molecule has 1 amide bonds. The van der Waals surface area contributed by atoms with Gasteiger partial charge in [0.15, 0.2) is 17.2 Å². The Bertz CT molecular complexity index is 1040. The van der Waals surface area contributed by atoms with E-state index >= 15 is 0 Å². The molecule has 130 valence electrons. The minimum Gasteiger partial charge on any atom is -0.493 e. The number of rotatable bonds is 4. The summed E-state index contributed by atoms with van der Waals surface area (Å²) in [5, 5.41) is 16.3. The standard InChI is InChI=1S/C19H17N5O2/c1-21-18(25)19(9-10-19)17-22-16-15(26-2)8-7-14(24(16)23-17)13-5-3-12(11-20)4-6-13/h3-8H,9-10H2,1-2H3,(H,21,25). The summed E-state index contributed by atoms with van der Waals surface area (Å²) in [4.78, 5) is 16.9. The number of nitriles is 1. The van der Waals surface area contributed by atoms with Gasteiger partial charge in [-0.05, 0) is 37.1 Å². The fourth-order valence-electron chi connectivity index (χ4n) is 3.15. The molecule has 1 saturated carbocycles. The number of nitrogens with one attached hydrogen (secondary N) is 1. The second kappa shape index (κ2) is 5.85. The lowest BCUT2D eigenvalue weighted by Crippen LogP contribution is -2.32. The number of fused-ring (bicyclic) bond motifs is 1. The van der Waals surface area contributed by atoms with Crippen molar-refractivity contribution in [2.75, 3.05) is 14.2 Å². The van der Waals surface area contributed by atoms with E-state index in [1.807, 2.05) is 24.3 Å². The van der Waals surface area contributed by atoms with E-state index in [0.29, 0.717) is 22.8 Å². The number of likely N-dealkylation sites (N-methyl/N-ethyl adjacent to an activating group) is 1. The van der Waals surface area contributed by atoms with E-state index in [9.17, 15) is 4.79 Å². The number of benzene rings is 1. The van der Waals surface area contributed by atoms with Crippen molar-refractivity contribution < 1.29 is 9.53 Å². The molecule has 0 aliphatic heterocycles. The van der Waals surface area contributed by atoms with Crippen LogP contribution in [0, 0.1) is 11.3 Å². The Hall–Kier alpha value is -3.40. The summed E-state index contributed by atoms with van der Waals surface area (Å²) in [6.07, 6.45) is 1.47. The van der Waals surface area contributed by atoms with Crippen molar-refractivity contribution in [2.45, 2.75) is 18.3 Å². The number of ether oxygens (including phenoxy) is 1. The smallest absolute Gasteiger partial charge is 0.233 e. The number of methoxy groups -OCH3 is 1. The van der Waals surface area contributed by atoms with Gasteiger partial charge in [-0.1, -0.05) is 12.1 Å². The molecule has 1 fully saturated rings. The fourth-order valence-corrected chi connectivity index (χ4v) is 3.15. The summed E-state index contributed by atoms with van der Waals surface area (Å²) in [5.41, 5.74) is 2.23. The number of pyridine rings is 1. The molecule has 1 aromatic carbocycles. The van der Waals surface area contributed by atoms with Gasteiger partial charge in [0, 0.05) is 12.6 Å². The second-order valence-electron chi connectivity index (χ2n) is 6.31. The van der Waals surface area contributed by atoms with Gasteiger partial charge in [0.05, 0.1) is 24.4 Å². The Labute approximate surface area is 150 Å². The number of amides is 1. The normalized spacial score (nSPS) is 14.7. The van der Waals surface area contributed by atoms with Crippen LogP contribution in [0.25, 0.3) is 16.9 Å². The Balaban J connectivity index is 1.90. The number of aromatic nitrogens is 3. The Kier molecular flexibility index (Phi) is 3.62. The predicted molar refractivity (Wildman–Crippen MR) is 94.7 cm³/mol. The van der Waals surface area contributed by atoms with Crippen LogP contribution < -0.4 is 10.1 Å². The number of hydrogen-bond donors (Lipinski definition) is 1. The van der Waals surface area contributed by atoms with Gasteiger partial charge >= 0.3 is 0 Å². The zero-order valence-corrected chi connectivity index (χ0v) is 14.5. The maximum Gasteiger partial charge on any atom is 0.233 e. The number of hydrogen-bond acceptors (Lipinski definition) is 5. The molecular weight excluding hydrogens is 330 g/mol. The number of carbonyl (C=O) groups excluding carboxylic acids is 1. The predicted octanol–water partition coefficient (Wildman–Crippen LogP) is 2.05. The summed E-state index contributed by atoms with van der Waals surface area (Å²) in [7, 11) is 3.21. The van der Waals surface area contributed by atoms with Gasteiger partial charge in [-0.3, -0.25) is 4.79 Å². The molecule has 2 aromatic heterocycles. The minimum absolute atomic E-state index is 0.0627. The first-order valence-electron chi connectivity index (χ1n) is 8.30.